The van der Waals surface area contributed by atoms with E-state index >= 15 is 0 Å². The first-order valence-electron chi connectivity index (χ1n) is 3.57. The van der Waals surface area contributed by atoms with Crippen LogP contribution in [0, 0.1) is 0 Å². The molecule has 0 amide bonds. The van der Waals surface area contributed by atoms with E-state index in [9.17, 15) is 0 Å². The minimum Gasteiger partial charge on any atom is -0.214 e. The Balaban J connectivity index is 0.000000174. The van der Waals surface area contributed by atoms with Crippen LogP contribution in [0.5, 0.6) is 0 Å². The normalized spacial score (nSPS) is 7.85. The monoisotopic (exact) mass is 395 g/mol. The standard InChI is InChI=1S/2C5H5.2ClH.Pt/c2*1-2-4-5-3-1;;;/h2*1-5H;2*1H;/q2*-1;;;+2/p-2. The molecule has 2 rings (SSSR count). The summed E-state index contributed by atoms with van der Waals surface area (Å²) in [5.74, 6) is 0. The van der Waals surface area contributed by atoms with Gasteiger partial charge in [0.2, 0.25) is 0 Å². The Kier molecular flexibility index (Phi) is 11.9. The Hall–Kier alpha value is -0.0317. The molecule has 0 radical (unpaired) electrons. The number of hydrogen-bond donors (Lipinski definition) is 0. The molecule has 0 heterocycles. The van der Waals surface area contributed by atoms with Crippen molar-refractivity contribution < 1.29 is 16.5 Å². The van der Waals surface area contributed by atoms with Gasteiger partial charge in [-0.2, -0.15) is 36.4 Å². The molecule has 2 aromatic rings. The van der Waals surface area contributed by atoms with Crippen LogP contribution in [-0.4, -0.2) is 0 Å². The second-order valence-corrected chi connectivity index (χ2v) is 5.25. The maximum atomic E-state index is 4.88. The Bertz CT molecular complexity index is 165. The molecule has 0 aromatic heterocycles. The third-order valence-corrected chi connectivity index (χ3v) is 1.11. The van der Waals surface area contributed by atoms with Crippen LogP contribution < -0.4 is 0 Å². The molecule has 0 fully saturated rings. The smallest absolute Gasteiger partial charge is 0.172 e. The molecule has 3 heteroatoms. The van der Waals surface area contributed by atoms with Crippen molar-refractivity contribution in [1.29, 1.82) is 0 Å². The fourth-order valence-electron chi connectivity index (χ4n) is 0.642. The van der Waals surface area contributed by atoms with Gasteiger partial charge < -0.3 is 0 Å². The summed E-state index contributed by atoms with van der Waals surface area (Å²) in [7, 11) is 9.75. The molecule has 0 nitrogen and oxygen atoms in total. The van der Waals surface area contributed by atoms with Crippen molar-refractivity contribution in [2.45, 2.75) is 0 Å². The second-order valence-electron chi connectivity index (χ2n) is 1.97. The SMILES string of the molecule is [Cl][Pt][Cl].c1cc[cH-]c1.c1cc[cH-]c1. The summed E-state index contributed by atoms with van der Waals surface area (Å²) in [6.45, 7) is 0. The van der Waals surface area contributed by atoms with Gasteiger partial charge in [-0.15, -0.1) is 0 Å². The maximum absolute atomic E-state index is 4.88. The molecule has 0 atom stereocenters. The molecule has 13 heavy (non-hydrogen) atoms. The third-order valence-electron chi connectivity index (χ3n) is 1.11. The summed E-state index contributed by atoms with van der Waals surface area (Å²) in [5.41, 5.74) is 0. The van der Waals surface area contributed by atoms with Gasteiger partial charge in [0.05, 0.1) is 0 Å². The molecule has 0 saturated carbocycles. The van der Waals surface area contributed by atoms with Gasteiger partial charge in [-0.25, -0.2) is 24.3 Å². The molecule has 0 saturated heterocycles. The van der Waals surface area contributed by atoms with Crippen molar-refractivity contribution in [3.05, 3.63) is 60.7 Å². The zero-order valence-electron chi connectivity index (χ0n) is 6.85. The zero-order valence-corrected chi connectivity index (χ0v) is 10.6. The molecule has 2 aromatic carbocycles. The molecule has 0 aliphatic rings. The summed E-state index contributed by atoms with van der Waals surface area (Å²) in [4.78, 5) is 0. The zero-order chi connectivity index (χ0) is 9.78. The van der Waals surface area contributed by atoms with Gasteiger partial charge in [0.15, 0.2) is 0 Å². The van der Waals surface area contributed by atoms with E-state index in [-0.39, 0.29) is 0 Å². The van der Waals surface area contributed by atoms with Crippen molar-refractivity contribution in [3.63, 3.8) is 0 Å². The van der Waals surface area contributed by atoms with Gasteiger partial charge in [0, 0.05) is 0 Å². The van der Waals surface area contributed by atoms with Crippen molar-refractivity contribution in [3.8, 4) is 0 Å². The number of halogens is 2. The number of hydrogen-bond acceptors (Lipinski definition) is 0. The van der Waals surface area contributed by atoms with Crippen molar-refractivity contribution in [2.75, 3.05) is 0 Å². The molecule has 0 spiro atoms. The summed E-state index contributed by atoms with van der Waals surface area (Å²) in [6.07, 6.45) is 0. The van der Waals surface area contributed by atoms with Crippen LogP contribution in [0.2, 0.25) is 0 Å². The van der Waals surface area contributed by atoms with Gasteiger partial charge in [-0.3, -0.25) is 0 Å². The summed E-state index contributed by atoms with van der Waals surface area (Å²) >= 11 is -0.472. The van der Waals surface area contributed by atoms with Gasteiger partial charge >= 0.3 is 35.3 Å². The minimum absolute atomic E-state index is 0.472. The van der Waals surface area contributed by atoms with Gasteiger partial charge in [0.1, 0.15) is 0 Å². The molecule has 0 aliphatic heterocycles. The molecule has 0 bridgehead atoms. The van der Waals surface area contributed by atoms with Crippen LogP contribution in [0.3, 0.4) is 0 Å². The van der Waals surface area contributed by atoms with Crippen molar-refractivity contribution >= 4 is 18.8 Å². The van der Waals surface area contributed by atoms with E-state index in [4.69, 9.17) is 18.8 Å². The predicted molar refractivity (Wildman–Crippen MR) is 55.8 cm³/mol. The molecular weight excluding hydrogens is 386 g/mol. The van der Waals surface area contributed by atoms with Crippen LogP contribution in [0.25, 0.3) is 0 Å². The first-order valence-corrected chi connectivity index (χ1v) is 9.20. The Morgan fingerprint density at radius 1 is 0.692 bits per heavy atom. The summed E-state index contributed by atoms with van der Waals surface area (Å²) in [6, 6.07) is 20.0. The number of rotatable bonds is 0. The topological polar surface area (TPSA) is 0 Å². The molecule has 0 unspecified atom stereocenters. The van der Waals surface area contributed by atoms with Gasteiger partial charge in [-0.05, 0) is 0 Å². The van der Waals surface area contributed by atoms with Gasteiger partial charge in [0.25, 0.3) is 0 Å². The summed E-state index contributed by atoms with van der Waals surface area (Å²) in [5, 5.41) is 0. The van der Waals surface area contributed by atoms with Gasteiger partial charge in [-0.1, -0.05) is 0 Å². The third kappa shape index (κ3) is 12.0. The second kappa shape index (κ2) is 12.0. The van der Waals surface area contributed by atoms with E-state index in [1.54, 1.807) is 0 Å². The van der Waals surface area contributed by atoms with Crippen LogP contribution in [0.1, 0.15) is 0 Å². The molecule has 0 N–H and O–H groups in total. The van der Waals surface area contributed by atoms with E-state index < -0.39 is 16.5 Å². The Labute approximate surface area is 95.6 Å². The molecule has 0 aliphatic carbocycles. The maximum Gasteiger partial charge on any atom is -0.172 e. The largest absolute Gasteiger partial charge is 0.214 e. The quantitative estimate of drug-likeness (QED) is 0.586. The average Bonchev–Trinajstić information content (AvgIpc) is 2.85. The van der Waals surface area contributed by atoms with E-state index in [0.717, 1.165) is 0 Å². The van der Waals surface area contributed by atoms with Crippen LogP contribution in [-0.2, 0) is 16.5 Å². The van der Waals surface area contributed by atoms with E-state index in [2.05, 4.69) is 0 Å². The average molecular weight is 396 g/mol. The predicted octanol–water partition coefficient (Wildman–Crippen LogP) is 4.19. The van der Waals surface area contributed by atoms with Crippen LogP contribution in [0.4, 0.5) is 0 Å². The van der Waals surface area contributed by atoms with E-state index in [0.29, 0.717) is 0 Å². The first kappa shape index (κ1) is 13.0. The fraction of sp³-hybridized carbons (Fsp3) is 0. The van der Waals surface area contributed by atoms with Crippen molar-refractivity contribution in [1.82, 2.24) is 0 Å². The Morgan fingerprint density at radius 3 is 1.00 bits per heavy atom. The molecular formula is C10H10Cl2Pt-2. The summed E-state index contributed by atoms with van der Waals surface area (Å²) < 4.78 is 0. The Morgan fingerprint density at radius 2 is 0.923 bits per heavy atom. The minimum atomic E-state index is -0.472. The van der Waals surface area contributed by atoms with Crippen LogP contribution >= 0.6 is 18.8 Å². The van der Waals surface area contributed by atoms with Crippen molar-refractivity contribution in [2.24, 2.45) is 0 Å². The van der Waals surface area contributed by atoms with Crippen LogP contribution in [0.15, 0.2) is 60.7 Å². The fourth-order valence-corrected chi connectivity index (χ4v) is 0.642. The van der Waals surface area contributed by atoms with E-state index in [1.807, 2.05) is 60.7 Å². The molecule has 76 valence electrons. The van der Waals surface area contributed by atoms with E-state index in [1.165, 1.54) is 0 Å². The first-order chi connectivity index (χ1) is 6.41.